The second-order valence-corrected chi connectivity index (χ2v) is 15.5. The van der Waals surface area contributed by atoms with Gasteiger partial charge in [-0.2, -0.15) is 5.26 Å². The van der Waals surface area contributed by atoms with Crippen LogP contribution in [-0.2, 0) is 40.3 Å². The third-order valence-corrected chi connectivity index (χ3v) is 11.1. The van der Waals surface area contributed by atoms with Crippen molar-refractivity contribution in [2.75, 3.05) is 45.8 Å². The standard InChI is InChI=1S/C38H45FN4O3.C6H11NO2.CH3B/c1-42(2)22-33-30(23-44)5-3-6-37(33)46-24-31-9-7-26(19-34(31)39)17-28-11-15-43(36-20-32(28)36)35-10-8-27(21-40)18-29(35)12-16-45-25-38(41)13-4-14-38;1-7-6(9)4-2-3-5-8;1-2/h3,5-10,18-19,23,28,32,36H,4,11-17,20,22,24-25,41H2,1-2H3;5H,2-4H2,1H3,(H,7,9);1H3. The highest BCUT2D eigenvalue weighted by Gasteiger charge is 2.50. The Morgan fingerprint density at radius 1 is 1.14 bits per heavy atom. The number of benzene rings is 3. The molecule has 1 amide bonds. The topological polar surface area (TPSA) is 138 Å². The summed E-state index contributed by atoms with van der Waals surface area (Å²) in [5.74, 6) is 1.43. The van der Waals surface area contributed by atoms with E-state index >= 15 is 4.39 Å². The number of anilines is 1. The minimum Gasteiger partial charge on any atom is -0.488 e. The number of nitrogens with one attached hydrogen (secondary N) is 1. The van der Waals surface area contributed by atoms with Gasteiger partial charge in [-0.1, -0.05) is 31.1 Å². The molecule has 3 aliphatic rings. The summed E-state index contributed by atoms with van der Waals surface area (Å²) < 4.78 is 27.3. The van der Waals surface area contributed by atoms with Gasteiger partial charge < -0.3 is 35.1 Å². The highest BCUT2D eigenvalue weighted by atomic mass is 19.1. The minimum atomic E-state index is -0.259. The quantitative estimate of drug-likeness (QED) is 0.0860. The second-order valence-electron chi connectivity index (χ2n) is 15.5. The van der Waals surface area contributed by atoms with Gasteiger partial charge in [0.25, 0.3) is 0 Å². The van der Waals surface area contributed by atoms with Gasteiger partial charge in [-0.3, -0.25) is 9.59 Å². The highest BCUT2D eigenvalue weighted by Crippen LogP contribution is 2.50. The molecule has 2 radical (unpaired) electrons. The number of nitrogens with zero attached hydrogens (tertiary/aromatic N) is 3. The first kappa shape index (κ1) is 45.1. The molecule has 3 aromatic carbocycles. The van der Waals surface area contributed by atoms with Crippen LogP contribution in [0, 0.1) is 29.0 Å². The van der Waals surface area contributed by atoms with Crippen LogP contribution >= 0.6 is 0 Å². The molecule has 3 atom stereocenters. The number of carbonyl (C=O) groups excluding carboxylic acids is 3. The van der Waals surface area contributed by atoms with Crippen molar-refractivity contribution in [3.63, 3.8) is 0 Å². The van der Waals surface area contributed by atoms with Crippen LogP contribution in [-0.4, -0.2) is 83.7 Å². The first-order valence-electron chi connectivity index (χ1n) is 20.1. The van der Waals surface area contributed by atoms with E-state index in [-0.39, 0.29) is 23.9 Å². The fourth-order valence-electron chi connectivity index (χ4n) is 7.75. The molecule has 10 nitrogen and oxygen atoms in total. The number of hydrogen-bond donors (Lipinski definition) is 2. The van der Waals surface area contributed by atoms with E-state index in [1.807, 2.05) is 49.3 Å². The van der Waals surface area contributed by atoms with Crippen LogP contribution in [0.5, 0.6) is 5.75 Å². The maximum absolute atomic E-state index is 15.3. The van der Waals surface area contributed by atoms with Crippen molar-refractivity contribution in [2.45, 2.75) is 95.8 Å². The number of aldehydes is 2. The molecule has 3 N–H and O–H groups in total. The maximum atomic E-state index is 15.3. The van der Waals surface area contributed by atoms with E-state index in [2.05, 4.69) is 30.2 Å². The average molecular weight is 780 g/mol. The van der Waals surface area contributed by atoms with Crippen molar-refractivity contribution in [3.05, 3.63) is 93.8 Å². The van der Waals surface area contributed by atoms with Crippen LogP contribution in [0.4, 0.5) is 10.1 Å². The third kappa shape index (κ3) is 13.0. The largest absolute Gasteiger partial charge is 0.488 e. The zero-order chi connectivity index (χ0) is 41.4. The lowest BCUT2D eigenvalue weighted by Crippen LogP contribution is -2.50. The van der Waals surface area contributed by atoms with E-state index in [0.717, 1.165) is 74.3 Å². The van der Waals surface area contributed by atoms with E-state index in [9.17, 15) is 19.6 Å². The van der Waals surface area contributed by atoms with Crippen molar-refractivity contribution in [1.29, 1.82) is 5.26 Å². The van der Waals surface area contributed by atoms with Crippen LogP contribution in [0.25, 0.3) is 0 Å². The number of piperidine rings is 1. The smallest absolute Gasteiger partial charge is 0.219 e. The van der Waals surface area contributed by atoms with Gasteiger partial charge in [0.15, 0.2) is 6.29 Å². The van der Waals surface area contributed by atoms with E-state index in [1.165, 1.54) is 18.9 Å². The monoisotopic (exact) mass is 779 g/mol. The molecule has 304 valence electrons. The number of halogens is 1. The lowest BCUT2D eigenvalue weighted by atomic mass is 9.78. The molecule has 1 aliphatic heterocycles. The van der Waals surface area contributed by atoms with Crippen LogP contribution < -0.4 is 20.7 Å². The van der Waals surface area contributed by atoms with Crippen LogP contribution in [0.2, 0.25) is 6.82 Å². The van der Waals surface area contributed by atoms with E-state index < -0.39 is 0 Å². The van der Waals surface area contributed by atoms with Crippen molar-refractivity contribution < 1.29 is 28.2 Å². The number of fused-ring (bicyclic) bond motifs is 1. The number of ether oxygens (including phenoxy) is 2. The average Bonchev–Trinajstić information content (AvgIpc) is 4.02. The van der Waals surface area contributed by atoms with Gasteiger partial charge in [-0.05, 0) is 119 Å². The molecule has 2 saturated carbocycles. The van der Waals surface area contributed by atoms with Crippen molar-refractivity contribution >= 4 is 32.0 Å². The van der Waals surface area contributed by atoms with E-state index in [1.54, 1.807) is 25.2 Å². The fraction of sp³-hybridized carbons (Fsp3) is 0.511. The number of nitriles is 1. The minimum absolute atomic E-state index is 0.00292. The summed E-state index contributed by atoms with van der Waals surface area (Å²) in [4.78, 5) is 36.3. The lowest BCUT2D eigenvalue weighted by Gasteiger charge is -2.37. The number of nitrogens with two attached hydrogens (primary N) is 1. The molecule has 1 heterocycles. The molecule has 0 aromatic heterocycles. The Kier molecular flexibility index (Phi) is 17.7. The summed E-state index contributed by atoms with van der Waals surface area (Å²) >= 11 is 0. The maximum Gasteiger partial charge on any atom is 0.219 e. The number of rotatable bonds is 18. The summed E-state index contributed by atoms with van der Waals surface area (Å²) in [7, 11) is 9.96. The van der Waals surface area contributed by atoms with Gasteiger partial charge in [-0.25, -0.2) is 4.39 Å². The summed E-state index contributed by atoms with van der Waals surface area (Å²) in [6, 6.07) is 19.7. The Hall–Kier alpha value is -4.57. The summed E-state index contributed by atoms with van der Waals surface area (Å²) in [6.07, 6.45) is 10.3. The van der Waals surface area contributed by atoms with Gasteiger partial charge in [0.2, 0.25) is 5.91 Å². The number of unbranched alkanes of at least 4 members (excludes halogenated alkanes) is 1. The van der Waals surface area contributed by atoms with Gasteiger partial charge in [0.1, 0.15) is 24.5 Å². The van der Waals surface area contributed by atoms with Crippen LogP contribution in [0.3, 0.4) is 0 Å². The Labute approximate surface area is 339 Å². The lowest BCUT2D eigenvalue weighted by molar-refractivity contribution is -0.120. The van der Waals surface area contributed by atoms with Gasteiger partial charge >= 0.3 is 0 Å². The van der Waals surface area contributed by atoms with E-state index in [0.29, 0.717) is 79.3 Å². The SMILES string of the molecule is CN(C)Cc1c(C=O)cccc1OCc1ccc(CC2CCN(c3ccc(C#N)cc3CCOCC3(N)CCC3)C3CC23)cc1F.CNC(=O)CCCC=O.[B]C. The van der Waals surface area contributed by atoms with Crippen LogP contribution in [0.15, 0.2) is 54.6 Å². The molecule has 0 spiro atoms. The predicted molar refractivity (Wildman–Crippen MR) is 223 cm³/mol. The second kappa shape index (κ2) is 22.4. The van der Waals surface area contributed by atoms with Gasteiger partial charge in [-0.15, -0.1) is 0 Å². The summed E-state index contributed by atoms with van der Waals surface area (Å²) in [5.41, 5.74) is 12.1. The van der Waals surface area contributed by atoms with E-state index in [4.69, 9.17) is 15.2 Å². The molecule has 6 rings (SSSR count). The van der Waals surface area contributed by atoms with Gasteiger partial charge in [0.05, 0.1) is 32.7 Å². The van der Waals surface area contributed by atoms with Gasteiger partial charge in [0, 0.05) is 66.9 Å². The number of carbonyl (C=O) groups is 3. The molecule has 12 heteroatoms. The number of amides is 1. The number of hydrogen-bond acceptors (Lipinski definition) is 9. The molecule has 3 fully saturated rings. The normalized spacial score (nSPS) is 18.6. The Bertz CT molecular complexity index is 1830. The molecular weight excluding hydrogens is 720 g/mol. The van der Waals surface area contributed by atoms with Crippen LogP contribution in [0.1, 0.15) is 89.5 Å². The molecule has 3 aromatic rings. The summed E-state index contributed by atoms with van der Waals surface area (Å²) in [6.45, 7) is 4.30. The van der Waals surface area contributed by atoms with Crippen molar-refractivity contribution in [3.8, 4) is 11.8 Å². The summed E-state index contributed by atoms with van der Waals surface area (Å²) in [5, 5.41) is 12.0. The zero-order valence-corrected chi connectivity index (χ0v) is 34.1. The molecule has 57 heavy (non-hydrogen) atoms. The molecular formula is C45H59BFN5O5. The molecule has 2 aliphatic carbocycles. The first-order valence-corrected chi connectivity index (χ1v) is 20.1. The molecule has 3 unspecified atom stereocenters. The Morgan fingerprint density at radius 2 is 1.93 bits per heavy atom. The third-order valence-electron chi connectivity index (χ3n) is 11.1. The van der Waals surface area contributed by atoms with Crippen molar-refractivity contribution in [1.82, 2.24) is 10.2 Å². The zero-order valence-electron chi connectivity index (χ0n) is 34.1. The predicted octanol–water partition coefficient (Wildman–Crippen LogP) is 6.35. The van der Waals surface area contributed by atoms with Crippen molar-refractivity contribution in [2.24, 2.45) is 17.6 Å². The highest BCUT2D eigenvalue weighted by molar-refractivity contribution is 6.05. The molecule has 0 bridgehead atoms. The first-order chi connectivity index (χ1) is 27.6. The fourth-order valence-corrected chi connectivity index (χ4v) is 7.75. The Morgan fingerprint density at radius 3 is 2.58 bits per heavy atom. The Balaban J connectivity index is 0.000000579. The molecule has 1 saturated heterocycles.